The summed E-state index contributed by atoms with van der Waals surface area (Å²) in [7, 11) is 0. The van der Waals surface area contributed by atoms with E-state index in [4.69, 9.17) is 16.3 Å². The van der Waals surface area contributed by atoms with Crippen LogP contribution in [-0.2, 0) is 0 Å². The van der Waals surface area contributed by atoms with Crippen molar-refractivity contribution in [2.75, 3.05) is 44.2 Å². The molecule has 2 amide bonds. The average molecular weight is 388 g/mol. The summed E-state index contributed by atoms with van der Waals surface area (Å²) in [5.74, 6) is 0.778. The highest BCUT2D eigenvalue weighted by molar-refractivity contribution is 6.32. The van der Waals surface area contributed by atoms with E-state index in [-0.39, 0.29) is 6.03 Å². The van der Waals surface area contributed by atoms with E-state index in [0.29, 0.717) is 13.2 Å². The van der Waals surface area contributed by atoms with E-state index >= 15 is 0 Å². The molecule has 1 aliphatic heterocycles. The predicted octanol–water partition coefficient (Wildman–Crippen LogP) is 3.87. The molecule has 0 unspecified atom stereocenters. The van der Waals surface area contributed by atoms with Gasteiger partial charge in [0.25, 0.3) is 0 Å². The van der Waals surface area contributed by atoms with Gasteiger partial charge in [0, 0.05) is 36.9 Å². The van der Waals surface area contributed by atoms with Gasteiger partial charge in [0.1, 0.15) is 12.4 Å². The Morgan fingerprint density at radius 2 is 1.70 bits per heavy atom. The van der Waals surface area contributed by atoms with Crippen LogP contribution in [0.4, 0.5) is 10.5 Å². The third kappa shape index (κ3) is 5.07. The van der Waals surface area contributed by atoms with Crippen LogP contribution in [0.3, 0.4) is 0 Å². The highest BCUT2D eigenvalue weighted by Gasteiger charge is 2.20. The van der Waals surface area contributed by atoms with E-state index in [9.17, 15) is 4.79 Å². The van der Waals surface area contributed by atoms with Crippen LogP contribution in [0.25, 0.3) is 0 Å². The maximum atomic E-state index is 12.3. The van der Waals surface area contributed by atoms with Gasteiger partial charge in [-0.2, -0.15) is 0 Å². The lowest BCUT2D eigenvalue weighted by molar-refractivity contribution is 0.191. The van der Waals surface area contributed by atoms with Crippen molar-refractivity contribution in [3.05, 3.63) is 58.6 Å². The summed E-state index contributed by atoms with van der Waals surface area (Å²) in [5.41, 5.74) is 3.19. The number of rotatable bonds is 5. The van der Waals surface area contributed by atoms with Crippen LogP contribution in [0.15, 0.2) is 42.5 Å². The Kier molecular flexibility index (Phi) is 6.45. The first-order valence-electron chi connectivity index (χ1n) is 9.27. The topological polar surface area (TPSA) is 44.8 Å². The summed E-state index contributed by atoms with van der Waals surface area (Å²) in [6.07, 6.45) is 0. The van der Waals surface area contributed by atoms with Crippen LogP contribution in [0.2, 0.25) is 5.02 Å². The minimum absolute atomic E-state index is 0.0326. The molecule has 5 nitrogen and oxygen atoms in total. The SMILES string of the molecule is Cc1cc(OCCNC(=O)N2CCN(c3ccccc3)CC2)cc(C)c1Cl. The van der Waals surface area contributed by atoms with Gasteiger partial charge in [-0.1, -0.05) is 29.8 Å². The molecule has 0 atom stereocenters. The fraction of sp³-hybridized carbons (Fsp3) is 0.381. The number of hydrogen-bond donors (Lipinski definition) is 1. The van der Waals surface area contributed by atoms with Crippen molar-refractivity contribution in [2.45, 2.75) is 13.8 Å². The molecule has 0 aliphatic carbocycles. The number of piperazine rings is 1. The highest BCUT2D eigenvalue weighted by atomic mass is 35.5. The molecular formula is C21H26ClN3O2. The zero-order chi connectivity index (χ0) is 19.2. The Morgan fingerprint density at radius 1 is 1.07 bits per heavy atom. The molecule has 0 bridgehead atoms. The Morgan fingerprint density at radius 3 is 2.33 bits per heavy atom. The van der Waals surface area contributed by atoms with Gasteiger partial charge >= 0.3 is 6.03 Å². The number of carbonyl (C=O) groups excluding carboxylic acids is 1. The summed E-state index contributed by atoms with van der Waals surface area (Å²) in [6.45, 7) is 7.94. The lowest BCUT2D eigenvalue weighted by atomic mass is 10.1. The van der Waals surface area contributed by atoms with Crippen molar-refractivity contribution >= 4 is 23.3 Å². The van der Waals surface area contributed by atoms with Gasteiger partial charge in [0.05, 0.1) is 6.54 Å². The number of anilines is 1. The van der Waals surface area contributed by atoms with Gasteiger partial charge < -0.3 is 19.9 Å². The van der Waals surface area contributed by atoms with Gasteiger partial charge in [0.15, 0.2) is 0 Å². The van der Waals surface area contributed by atoms with E-state index in [1.807, 2.05) is 49.1 Å². The maximum absolute atomic E-state index is 12.3. The van der Waals surface area contributed by atoms with Crippen molar-refractivity contribution < 1.29 is 9.53 Å². The summed E-state index contributed by atoms with van der Waals surface area (Å²) in [5, 5.41) is 3.70. The van der Waals surface area contributed by atoms with Crippen LogP contribution < -0.4 is 15.0 Å². The molecule has 0 aromatic heterocycles. The van der Waals surface area contributed by atoms with Crippen molar-refractivity contribution in [3.63, 3.8) is 0 Å². The molecule has 1 fully saturated rings. The number of para-hydroxylation sites is 1. The second-order valence-electron chi connectivity index (χ2n) is 6.76. The zero-order valence-electron chi connectivity index (χ0n) is 15.9. The zero-order valence-corrected chi connectivity index (χ0v) is 16.6. The van der Waals surface area contributed by atoms with E-state index in [2.05, 4.69) is 22.3 Å². The molecule has 1 N–H and O–H groups in total. The molecule has 2 aromatic rings. The number of amides is 2. The van der Waals surface area contributed by atoms with Crippen LogP contribution in [0.1, 0.15) is 11.1 Å². The Bertz CT molecular complexity index is 751. The second-order valence-corrected chi connectivity index (χ2v) is 7.14. The number of ether oxygens (including phenoxy) is 1. The van der Waals surface area contributed by atoms with Crippen LogP contribution >= 0.6 is 11.6 Å². The van der Waals surface area contributed by atoms with E-state index in [1.165, 1.54) is 5.69 Å². The van der Waals surface area contributed by atoms with Crippen molar-refractivity contribution in [2.24, 2.45) is 0 Å². The van der Waals surface area contributed by atoms with Crippen LogP contribution in [-0.4, -0.2) is 50.3 Å². The first-order valence-corrected chi connectivity index (χ1v) is 9.64. The number of nitrogens with one attached hydrogen (secondary N) is 1. The van der Waals surface area contributed by atoms with Crippen molar-refractivity contribution in [1.29, 1.82) is 0 Å². The summed E-state index contributed by atoms with van der Waals surface area (Å²) < 4.78 is 5.74. The molecule has 27 heavy (non-hydrogen) atoms. The number of aryl methyl sites for hydroxylation is 2. The number of urea groups is 1. The number of carbonyl (C=O) groups is 1. The fourth-order valence-corrected chi connectivity index (χ4v) is 3.34. The lowest BCUT2D eigenvalue weighted by Gasteiger charge is -2.36. The third-order valence-corrected chi connectivity index (χ3v) is 5.34. The molecular weight excluding hydrogens is 362 g/mol. The van der Waals surface area contributed by atoms with Gasteiger partial charge in [-0.15, -0.1) is 0 Å². The smallest absolute Gasteiger partial charge is 0.317 e. The standard InChI is InChI=1S/C21H26ClN3O2/c1-16-14-19(15-17(2)20(16)22)27-13-8-23-21(26)25-11-9-24(10-12-25)18-6-4-3-5-7-18/h3-7,14-15H,8-13H2,1-2H3,(H,23,26). The Balaban J connectivity index is 1.39. The molecule has 2 aromatic carbocycles. The molecule has 1 aliphatic rings. The monoisotopic (exact) mass is 387 g/mol. The average Bonchev–Trinajstić information content (AvgIpc) is 2.70. The Labute approximate surface area is 165 Å². The first kappa shape index (κ1) is 19.4. The lowest BCUT2D eigenvalue weighted by Crippen LogP contribution is -2.52. The first-order chi connectivity index (χ1) is 13.0. The normalized spacial score (nSPS) is 14.2. The molecule has 0 saturated carbocycles. The fourth-order valence-electron chi connectivity index (χ4n) is 3.23. The minimum Gasteiger partial charge on any atom is -0.492 e. The molecule has 1 saturated heterocycles. The van der Waals surface area contributed by atoms with E-state index in [0.717, 1.165) is 48.1 Å². The van der Waals surface area contributed by atoms with E-state index < -0.39 is 0 Å². The largest absolute Gasteiger partial charge is 0.492 e. The predicted molar refractivity (Wildman–Crippen MR) is 110 cm³/mol. The van der Waals surface area contributed by atoms with Gasteiger partial charge in [0.2, 0.25) is 0 Å². The molecule has 3 rings (SSSR count). The number of benzene rings is 2. The molecule has 1 heterocycles. The number of nitrogens with zero attached hydrogens (tertiary/aromatic N) is 2. The van der Waals surface area contributed by atoms with Gasteiger partial charge in [-0.25, -0.2) is 4.79 Å². The number of hydrogen-bond acceptors (Lipinski definition) is 3. The summed E-state index contributed by atoms with van der Waals surface area (Å²) in [4.78, 5) is 16.5. The molecule has 144 valence electrons. The molecule has 0 radical (unpaired) electrons. The highest BCUT2D eigenvalue weighted by Crippen LogP contribution is 2.25. The quantitative estimate of drug-likeness (QED) is 0.792. The third-order valence-electron chi connectivity index (χ3n) is 4.75. The van der Waals surface area contributed by atoms with Crippen molar-refractivity contribution in [1.82, 2.24) is 10.2 Å². The maximum Gasteiger partial charge on any atom is 0.317 e. The van der Waals surface area contributed by atoms with Crippen LogP contribution in [0, 0.1) is 13.8 Å². The van der Waals surface area contributed by atoms with Gasteiger partial charge in [-0.3, -0.25) is 0 Å². The van der Waals surface area contributed by atoms with Crippen LogP contribution in [0.5, 0.6) is 5.75 Å². The number of halogens is 1. The molecule has 6 heteroatoms. The minimum atomic E-state index is -0.0326. The second kappa shape index (κ2) is 9.00. The molecule has 0 spiro atoms. The summed E-state index contributed by atoms with van der Waals surface area (Å²) in [6, 6.07) is 14.1. The van der Waals surface area contributed by atoms with Crippen molar-refractivity contribution in [3.8, 4) is 5.75 Å². The summed E-state index contributed by atoms with van der Waals surface area (Å²) >= 11 is 6.17. The van der Waals surface area contributed by atoms with E-state index in [1.54, 1.807) is 0 Å². The van der Waals surface area contributed by atoms with Gasteiger partial charge in [-0.05, 0) is 49.2 Å². The Hall–Kier alpha value is -2.40.